The highest BCUT2D eigenvalue weighted by Crippen LogP contribution is 2.18. The number of amides is 1. The average molecular weight is 464 g/mol. The number of aliphatic hydroxyl groups is 1. The first kappa shape index (κ1) is 23.0. The summed E-state index contributed by atoms with van der Waals surface area (Å²) in [7, 11) is 0. The molecule has 1 atom stereocenters. The maximum absolute atomic E-state index is 12.6. The molecule has 7 heteroatoms. The van der Waals surface area contributed by atoms with Crippen LogP contribution >= 0.6 is 11.6 Å². The van der Waals surface area contributed by atoms with Gasteiger partial charge in [0.05, 0.1) is 43.3 Å². The van der Waals surface area contributed by atoms with Crippen molar-refractivity contribution in [3.05, 3.63) is 101 Å². The van der Waals surface area contributed by atoms with E-state index in [1.807, 2.05) is 83.4 Å². The van der Waals surface area contributed by atoms with Crippen LogP contribution in [0.1, 0.15) is 17.0 Å². The van der Waals surface area contributed by atoms with Gasteiger partial charge in [-0.2, -0.15) is 0 Å². The molecule has 2 N–H and O–H groups in total. The van der Waals surface area contributed by atoms with Crippen molar-refractivity contribution in [2.24, 2.45) is 0 Å². The molecule has 1 heterocycles. The van der Waals surface area contributed by atoms with Gasteiger partial charge in [0.1, 0.15) is 5.82 Å². The van der Waals surface area contributed by atoms with Gasteiger partial charge in [-0.3, -0.25) is 4.79 Å². The Balaban J connectivity index is 1.40. The van der Waals surface area contributed by atoms with Gasteiger partial charge >= 0.3 is 0 Å². The number of carbonyl (C=O) groups is 1. The first-order chi connectivity index (χ1) is 16.1. The molecule has 4 rings (SSSR count). The zero-order chi connectivity index (χ0) is 23.0. The molecule has 1 amide bonds. The summed E-state index contributed by atoms with van der Waals surface area (Å²) in [6, 6.07) is 24.9. The Bertz CT molecular complexity index is 1210. The molecule has 4 aromatic rings. The molecular formula is C26H26ClN3O3. The number of nitrogens with zero attached hydrogens (tertiary/aromatic N) is 2. The van der Waals surface area contributed by atoms with Crippen molar-refractivity contribution >= 4 is 28.5 Å². The summed E-state index contributed by atoms with van der Waals surface area (Å²) in [5, 5.41) is 14.2. The monoisotopic (exact) mass is 463 g/mol. The van der Waals surface area contributed by atoms with Gasteiger partial charge in [0.25, 0.3) is 0 Å². The average Bonchev–Trinajstić information content (AvgIpc) is 3.16. The second kappa shape index (κ2) is 11.1. The van der Waals surface area contributed by atoms with E-state index in [0.29, 0.717) is 24.0 Å². The third-order valence-electron chi connectivity index (χ3n) is 5.30. The summed E-state index contributed by atoms with van der Waals surface area (Å²) in [4.78, 5) is 17.2. The third-order valence-corrected chi connectivity index (χ3v) is 5.67. The van der Waals surface area contributed by atoms with Gasteiger partial charge in [0.15, 0.2) is 0 Å². The van der Waals surface area contributed by atoms with Crippen LogP contribution in [0, 0.1) is 0 Å². The second-order valence-corrected chi connectivity index (χ2v) is 8.23. The maximum atomic E-state index is 12.6. The van der Waals surface area contributed by atoms with Crippen LogP contribution in [-0.4, -0.2) is 33.3 Å². The number of ether oxygens (including phenoxy) is 1. The molecule has 0 aliphatic rings. The van der Waals surface area contributed by atoms with E-state index in [2.05, 4.69) is 10.3 Å². The fourth-order valence-electron chi connectivity index (χ4n) is 3.65. The summed E-state index contributed by atoms with van der Waals surface area (Å²) < 4.78 is 7.57. The normalized spacial score (nSPS) is 12.1. The standard InChI is InChI=1S/C26H26ClN3O3/c27-22-11-5-4-10-20(22)17-33-18-21(31)16-30-24-13-7-6-12-23(24)29-25(30)14-26(32)28-15-19-8-2-1-3-9-19/h1-13,21,31H,14-18H2,(H,28,32)/t21-/m0/s1. The highest BCUT2D eigenvalue weighted by Gasteiger charge is 2.17. The number of aliphatic hydroxyl groups excluding tert-OH is 1. The van der Waals surface area contributed by atoms with E-state index in [1.165, 1.54) is 0 Å². The van der Waals surface area contributed by atoms with Crippen LogP contribution in [0.4, 0.5) is 0 Å². The van der Waals surface area contributed by atoms with Crippen molar-refractivity contribution in [1.29, 1.82) is 0 Å². The van der Waals surface area contributed by atoms with Crippen LogP contribution in [0.2, 0.25) is 5.02 Å². The highest BCUT2D eigenvalue weighted by atomic mass is 35.5. The summed E-state index contributed by atoms with van der Waals surface area (Å²) >= 11 is 6.16. The number of hydrogen-bond acceptors (Lipinski definition) is 4. The number of carbonyl (C=O) groups excluding carboxylic acids is 1. The van der Waals surface area contributed by atoms with E-state index in [-0.39, 0.29) is 25.5 Å². The summed E-state index contributed by atoms with van der Waals surface area (Å²) in [6.07, 6.45) is -0.648. The summed E-state index contributed by atoms with van der Waals surface area (Å²) in [6.45, 7) is 1.18. The number of benzene rings is 3. The minimum atomic E-state index is -0.767. The Labute approximate surface area is 197 Å². The molecule has 0 spiro atoms. The number of para-hydroxylation sites is 2. The van der Waals surface area contributed by atoms with Crippen molar-refractivity contribution in [1.82, 2.24) is 14.9 Å². The summed E-state index contributed by atoms with van der Waals surface area (Å²) in [5.74, 6) is 0.479. The minimum Gasteiger partial charge on any atom is -0.389 e. The number of halogens is 1. The van der Waals surface area contributed by atoms with Crippen LogP contribution in [0.15, 0.2) is 78.9 Å². The van der Waals surface area contributed by atoms with E-state index in [4.69, 9.17) is 16.3 Å². The quantitative estimate of drug-likeness (QED) is 0.371. The first-order valence-corrected chi connectivity index (χ1v) is 11.2. The number of imidazole rings is 1. The van der Waals surface area contributed by atoms with Crippen molar-refractivity contribution < 1.29 is 14.6 Å². The Kier molecular flexibility index (Phi) is 7.73. The van der Waals surface area contributed by atoms with Gasteiger partial charge in [-0.15, -0.1) is 0 Å². The molecule has 0 saturated heterocycles. The molecule has 0 radical (unpaired) electrons. The van der Waals surface area contributed by atoms with E-state index < -0.39 is 6.10 Å². The van der Waals surface area contributed by atoms with Crippen molar-refractivity contribution in [3.63, 3.8) is 0 Å². The lowest BCUT2D eigenvalue weighted by molar-refractivity contribution is -0.120. The van der Waals surface area contributed by atoms with Crippen LogP contribution in [0.25, 0.3) is 11.0 Å². The molecule has 1 aromatic heterocycles. The molecule has 3 aromatic carbocycles. The maximum Gasteiger partial charge on any atom is 0.227 e. The van der Waals surface area contributed by atoms with E-state index in [9.17, 15) is 9.90 Å². The Morgan fingerprint density at radius 2 is 1.76 bits per heavy atom. The highest BCUT2D eigenvalue weighted by molar-refractivity contribution is 6.31. The molecule has 0 bridgehead atoms. The number of fused-ring (bicyclic) bond motifs is 1. The Morgan fingerprint density at radius 1 is 1.03 bits per heavy atom. The summed E-state index contributed by atoms with van der Waals surface area (Å²) in [5.41, 5.74) is 3.56. The fraction of sp³-hybridized carbons (Fsp3) is 0.231. The lowest BCUT2D eigenvalue weighted by Crippen LogP contribution is -2.28. The van der Waals surface area contributed by atoms with E-state index in [1.54, 1.807) is 0 Å². The molecule has 170 valence electrons. The van der Waals surface area contributed by atoms with Crippen LogP contribution in [-0.2, 0) is 35.6 Å². The molecule has 0 aliphatic carbocycles. The SMILES string of the molecule is O=C(Cc1nc2ccccc2n1C[C@H](O)COCc1ccccc1Cl)NCc1ccccc1. The molecule has 0 fully saturated rings. The zero-order valence-electron chi connectivity index (χ0n) is 18.2. The third kappa shape index (κ3) is 6.20. The lowest BCUT2D eigenvalue weighted by atomic mass is 10.2. The van der Waals surface area contributed by atoms with Gasteiger partial charge in [0.2, 0.25) is 5.91 Å². The number of nitrogens with one attached hydrogen (secondary N) is 1. The van der Waals surface area contributed by atoms with Crippen LogP contribution in [0.5, 0.6) is 0 Å². The molecule has 0 saturated carbocycles. The van der Waals surface area contributed by atoms with Crippen molar-refractivity contribution in [2.75, 3.05) is 6.61 Å². The molecule has 0 aliphatic heterocycles. The molecular weight excluding hydrogens is 438 g/mol. The Hall–Kier alpha value is -3.19. The van der Waals surface area contributed by atoms with Crippen LogP contribution < -0.4 is 5.32 Å². The predicted molar refractivity (Wildman–Crippen MR) is 129 cm³/mol. The predicted octanol–water partition coefficient (Wildman–Crippen LogP) is 4.13. The van der Waals surface area contributed by atoms with Gasteiger partial charge in [-0.25, -0.2) is 4.98 Å². The Morgan fingerprint density at radius 3 is 2.58 bits per heavy atom. The van der Waals surface area contributed by atoms with Crippen molar-refractivity contribution in [3.8, 4) is 0 Å². The number of aromatic nitrogens is 2. The smallest absolute Gasteiger partial charge is 0.227 e. The van der Waals surface area contributed by atoms with Crippen LogP contribution in [0.3, 0.4) is 0 Å². The van der Waals surface area contributed by atoms with Gasteiger partial charge < -0.3 is 19.7 Å². The van der Waals surface area contributed by atoms with Gasteiger partial charge in [-0.05, 0) is 29.3 Å². The number of hydrogen-bond donors (Lipinski definition) is 2. The zero-order valence-corrected chi connectivity index (χ0v) is 18.9. The molecule has 6 nitrogen and oxygen atoms in total. The van der Waals surface area contributed by atoms with Crippen molar-refractivity contribution in [2.45, 2.75) is 32.2 Å². The van der Waals surface area contributed by atoms with E-state index >= 15 is 0 Å². The van der Waals surface area contributed by atoms with Gasteiger partial charge in [0, 0.05) is 11.6 Å². The molecule has 33 heavy (non-hydrogen) atoms. The fourth-order valence-corrected chi connectivity index (χ4v) is 3.84. The first-order valence-electron chi connectivity index (χ1n) is 10.8. The second-order valence-electron chi connectivity index (χ2n) is 7.83. The largest absolute Gasteiger partial charge is 0.389 e. The lowest BCUT2D eigenvalue weighted by Gasteiger charge is -2.15. The minimum absolute atomic E-state index is 0.120. The van der Waals surface area contributed by atoms with E-state index in [0.717, 1.165) is 22.2 Å². The topological polar surface area (TPSA) is 76.4 Å². The van der Waals surface area contributed by atoms with Gasteiger partial charge in [-0.1, -0.05) is 72.3 Å². The molecule has 0 unspecified atom stereocenters. The number of rotatable bonds is 10.